The highest BCUT2D eigenvalue weighted by Gasteiger charge is 2.16. The zero-order valence-electron chi connectivity index (χ0n) is 14.0. The highest BCUT2D eigenvalue weighted by atomic mass is 15.5. The minimum Gasteiger partial charge on any atom is -0.241 e. The van der Waals surface area contributed by atoms with Gasteiger partial charge in [0.2, 0.25) is 0 Å². The highest BCUT2D eigenvalue weighted by Crippen LogP contribution is 2.22. The average molecular weight is 341 g/mol. The Morgan fingerprint density at radius 2 is 1.77 bits per heavy atom. The summed E-state index contributed by atoms with van der Waals surface area (Å²) in [6.45, 7) is 1.93. The van der Waals surface area contributed by atoms with E-state index in [1.165, 1.54) is 0 Å². The van der Waals surface area contributed by atoms with Crippen molar-refractivity contribution in [2.45, 2.75) is 13.0 Å². The number of benzene rings is 2. The lowest BCUT2D eigenvalue weighted by atomic mass is 10.0. The molecule has 2 aromatic carbocycles. The Balaban J connectivity index is 1.66. The van der Waals surface area contributed by atoms with Gasteiger partial charge in [0.15, 0.2) is 5.82 Å². The minimum absolute atomic E-state index is 0.169. The van der Waals surface area contributed by atoms with E-state index in [1.54, 1.807) is 4.68 Å². The fraction of sp³-hybridized carbons (Fsp3) is 0.105. The summed E-state index contributed by atoms with van der Waals surface area (Å²) in [4.78, 5) is 0. The molecule has 0 saturated carbocycles. The van der Waals surface area contributed by atoms with Crippen LogP contribution >= 0.6 is 0 Å². The predicted molar refractivity (Wildman–Crippen MR) is 95.9 cm³/mol. The van der Waals surface area contributed by atoms with Crippen LogP contribution in [0.25, 0.3) is 11.3 Å². The number of hydrogen-bond donors (Lipinski definition) is 1. The summed E-state index contributed by atoms with van der Waals surface area (Å²) in [6, 6.07) is 17.6. The molecule has 0 spiro atoms. The molecule has 0 aliphatic rings. The maximum absolute atomic E-state index is 4.29. The van der Waals surface area contributed by atoms with Crippen molar-refractivity contribution < 1.29 is 0 Å². The van der Waals surface area contributed by atoms with Gasteiger partial charge in [-0.25, -0.2) is 4.68 Å². The maximum atomic E-state index is 4.29. The topological polar surface area (TPSA) is 85.2 Å². The van der Waals surface area contributed by atoms with Crippen LogP contribution in [-0.2, 0) is 0 Å². The van der Waals surface area contributed by atoms with E-state index in [9.17, 15) is 0 Å². The summed E-state index contributed by atoms with van der Waals surface area (Å²) in [5, 5.41) is 22.5. The second-order valence-electron chi connectivity index (χ2n) is 5.69. The van der Waals surface area contributed by atoms with Crippen molar-refractivity contribution in [1.29, 1.82) is 0 Å². The van der Waals surface area contributed by atoms with Crippen LogP contribution < -0.4 is 0 Å². The van der Waals surface area contributed by atoms with Crippen LogP contribution in [0.15, 0.2) is 60.8 Å². The fourth-order valence-electron chi connectivity index (χ4n) is 2.53. The molecule has 4 aromatic rings. The Kier molecular flexibility index (Phi) is 4.23. The number of aromatic nitrogens is 7. The van der Waals surface area contributed by atoms with Gasteiger partial charge in [0.25, 0.3) is 0 Å². The summed E-state index contributed by atoms with van der Waals surface area (Å²) >= 11 is 0. The second kappa shape index (κ2) is 6.99. The van der Waals surface area contributed by atoms with Crippen molar-refractivity contribution in [3.8, 4) is 23.1 Å². The SMILES string of the molecule is C[C@H](c1nn[nH]n1)n1cc(-c2ccccc2C#Cc2ccccc2)nn1. The Bertz CT molecular complexity index is 1060. The average Bonchev–Trinajstić information content (AvgIpc) is 3.39. The molecule has 2 aromatic heterocycles. The zero-order valence-corrected chi connectivity index (χ0v) is 14.0. The van der Waals surface area contributed by atoms with E-state index in [0.717, 1.165) is 22.4 Å². The molecule has 7 heteroatoms. The lowest BCUT2D eigenvalue weighted by molar-refractivity contribution is 0.519. The third kappa shape index (κ3) is 3.21. The van der Waals surface area contributed by atoms with Gasteiger partial charge in [-0.2, -0.15) is 5.21 Å². The zero-order chi connectivity index (χ0) is 17.8. The summed E-state index contributed by atoms with van der Waals surface area (Å²) in [5.74, 6) is 6.97. The van der Waals surface area contributed by atoms with E-state index in [2.05, 4.69) is 42.8 Å². The molecular weight excluding hydrogens is 326 g/mol. The first-order valence-corrected chi connectivity index (χ1v) is 8.13. The molecule has 1 atom stereocenters. The number of H-pyrrole nitrogens is 1. The van der Waals surface area contributed by atoms with Crippen molar-refractivity contribution >= 4 is 0 Å². The number of nitrogens with one attached hydrogen (secondary N) is 1. The van der Waals surface area contributed by atoms with Gasteiger partial charge in [-0.05, 0) is 25.1 Å². The van der Waals surface area contributed by atoms with E-state index >= 15 is 0 Å². The van der Waals surface area contributed by atoms with Gasteiger partial charge >= 0.3 is 0 Å². The Hall–Kier alpha value is -3.79. The lowest BCUT2D eigenvalue weighted by Gasteiger charge is -2.05. The van der Waals surface area contributed by atoms with Crippen LogP contribution in [0.2, 0.25) is 0 Å². The molecule has 2 heterocycles. The first-order chi connectivity index (χ1) is 12.8. The molecule has 126 valence electrons. The maximum Gasteiger partial charge on any atom is 0.198 e. The number of tetrazole rings is 1. The van der Waals surface area contributed by atoms with E-state index in [0.29, 0.717) is 5.82 Å². The van der Waals surface area contributed by atoms with E-state index < -0.39 is 0 Å². The third-order valence-electron chi connectivity index (χ3n) is 3.96. The van der Waals surface area contributed by atoms with Gasteiger partial charge in [0, 0.05) is 16.7 Å². The predicted octanol–water partition coefficient (Wildman–Crippen LogP) is 2.47. The molecule has 4 rings (SSSR count). The summed E-state index contributed by atoms with van der Waals surface area (Å²) in [5.41, 5.74) is 3.55. The van der Waals surface area contributed by atoms with Gasteiger partial charge in [-0.1, -0.05) is 58.7 Å². The Morgan fingerprint density at radius 3 is 2.58 bits per heavy atom. The molecular formula is C19H15N7. The summed E-state index contributed by atoms with van der Waals surface area (Å²) in [6.07, 6.45) is 1.87. The molecule has 0 amide bonds. The first kappa shape index (κ1) is 15.7. The summed E-state index contributed by atoms with van der Waals surface area (Å²) < 4.78 is 1.71. The normalized spacial score (nSPS) is 11.6. The summed E-state index contributed by atoms with van der Waals surface area (Å²) in [7, 11) is 0. The monoisotopic (exact) mass is 341 g/mol. The van der Waals surface area contributed by atoms with Gasteiger partial charge in [0.1, 0.15) is 11.7 Å². The minimum atomic E-state index is -0.169. The molecule has 0 fully saturated rings. The number of aromatic amines is 1. The van der Waals surface area contributed by atoms with Crippen molar-refractivity contribution in [3.05, 3.63) is 77.7 Å². The van der Waals surface area contributed by atoms with Crippen molar-refractivity contribution in [2.24, 2.45) is 0 Å². The van der Waals surface area contributed by atoms with Crippen LogP contribution in [0.5, 0.6) is 0 Å². The molecule has 0 saturated heterocycles. The van der Waals surface area contributed by atoms with E-state index in [-0.39, 0.29) is 6.04 Å². The van der Waals surface area contributed by atoms with E-state index in [1.807, 2.05) is 67.7 Å². The second-order valence-corrected chi connectivity index (χ2v) is 5.69. The Morgan fingerprint density at radius 1 is 0.962 bits per heavy atom. The fourth-order valence-corrected chi connectivity index (χ4v) is 2.53. The molecule has 1 N–H and O–H groups in total. The van der Waals surface area contributed by atoms with Crippen molar-refractivity contribution in [2.75, 3.05) is 0 Å². The van der Waals surface area contributed by atoms with Crippen molar-refractivity contribution in [3.63, 3.8) is 0 Å². The molecule has 26 heavy (non-hydrogen) atoms. The van der Waals surface area contributed by atoms with Gasteiger partial charge in [-0.3, -0.25) is 0 Å². The highest BCUT2D eigenvalue weighted by molar-refractivity contribution is 5.67. The standard InChI is InChI=1S/C19H15N7/c1-14(19-21-23-24-22-19)26-13-18(20-25-26)17-10-6-5-9-16(17)12-11-15-7-3-2-4-8-15/h2-10,13-14H,1H3,(H,21,22,23,24)/t14-/m1/s1. The molecule has 7 nitrogen and oxygen atoms in total. The van der Waals surface area contributed by atoms with Gasteiger partial charge < -0.3 is 0 Å². The largest absolute Gasteiger partial charge is 0.241 e. The lowest BCUT2D eigenvalue weighted by Crippen LogP contribution is -2.09. The van der Waals surface area contributed by atoms with Crippen LogP contribution in [0.3, 0.4) is 0 Å². The first-order valence-electron chi connectivity index (χ1n) is 8.13. The van der Waals surface area contributed by atoms with Crippen LogP contribution in [-0.4, -0.2) is 35.6 Å². The molecule has 0 unspecified atom stereocenters. The number of hydrogen-bond acceptors (Lipinski definition) is 5. The van der Waals surface area contributed by atoms with Crippen molar-refractivity contribution in [1.82, 2.24) is 35.6 Å². The van der Waals surface area contributed by atoms with Crippen LogP contribution in [0.1, 0.15) is 29.9 Å². The molecule has 0 radical (unpaired) electrons. The number of nitrogens with zero attached hydrogens (tertiary/aromatic N) is 6. The van der Waals surface area contributed by atoms with Gasteiger partial charge in [0.05, 0.1) is 6.20 Å². The van der Waals surface area contributed by atoms with Crippen LogP contribution in [0, 0.1) is 11.8 Å². The quantitative estimate of drug-likeness (QED) is 0.579. The molecule has 0 aliphatic carbocycles. The smallest absolute Gasteiger partial charge is 0.198 e. The van der Waals surface area contributed by atoms with E-state index in [4.69, 9.17) is 0 Å². The molecule has 0 aliphatic heterocycles. The number of rotatable bonds is 3. The third-order valence-corrected chi connectivity index (χ3v) is 3.96. The Labute approximate surface area is 150 Å². The van der Waals surface area contributed by atoms with Gasteiger partial charge in [-0.15, -0.1) is 15.3 Å². The van der Waals surface area contributed by atoms with Crippen LogP contribution in [0.4, 0.5) is 0 Å². The molecule has 0 bridgehead atoms.